The zero-order valence-electron chi connectivity index (χ0n) is 16.9. The van der Waals surface area contributed by atoms with Crippen molar-refractivity contribution in [3.63, 3.8) is 0 Å². The number of rotatable bonds is 4. The van der Waals surface area contributed by atoms with Crippen LogP contribution >= 0.6 is 0 Å². The number of H-pyrrole nitrogens is 1. The highest BCUT2D eigenvalue weighted by Gasteiger charge is 2.47. The van der Waals surface area contributed by atoms with Gasteiger partial charge in [-0.25, -0.2) is 23.1 Å². The number of pyridine rings is 2. The molecule has 0 spiro atoms. The van der Waals surface area contributed by atoms with E-state index < -0.39 is 28.9 Å². The molecule has 4 rings (SSSR count). The van der Waals surface area contributed by atoms with E-state index in [9.17, 15) is 18.3 Å². The van der Waals surface area contributed by atoms with Gasteiger partial charge in [-0.2, -0.15) is 5.10 Å². The first kappa shape index (κ1) is 20.5. The third kappa shape index (κ3) is 3.39. The van der Waals surface area contributed by atoms with E-state index in [1.807, 2.05) is 0 Å². The number of hydrogen-bond donors (Lipinski definition) is 3. The first-order chi connectivity index (χ1) is 14.1. The monoisotopic (exact) mass is 420 g/mol. The maximum absolute atomic E-state index is 14.7. The predicted molar refractivity (Wildman–Crippen MR) is 107 cm³/mol. The van der Waals surface area contributed by atoms with Crippen LogP contribution in [0, 0.1) is 11.6 Å². The molecule has 0 bridgehead atoms. The van der Waals surface area contributed by atoms with Gasteiger partial charge in [0.2, 0.25) is 0 Å². The second-order valence-corrected chi connectivity index (χ2v) is 8.17. The van der Waals surface area contributed by atoms with E-state index in [0.29, 0.717) is 24.1 Å². The molecule has 3 N–H and O–H groups in total. The number of alkyl halides is 1. The van der Waals surface area contributed by atoms with Gasteiger partial charge in [0.05, 0.1) is 6.04 Å². The van der Waals surface area contributed by atoms with Gasteiger partial charge < -0.3 is 15.3 Å². The summed E-state index contributed by atoms with van der Waals surface area (Å²) < 4.78 is 43.8. The van der Waals surface area contributed by atoms with Crippen molar-refractivity contribution in [3.05, 3.63) is 36.0 Å². The normalized spacial score (nSPS) is 19.8. The Morgan fingerprint density at radius 3 is 2.70 bits per heavy atom. The second kappa shape index (κ2) is 7.21. The zero-order chi connectivity index (χ0) is 21.7. The van der Waals surface area contributed by atoms with E-state index in [1.54, 1.807) is 23.2 Å². The largest absolute Gasteiger partial charge is 0.385 e. The first-order valence-electron chi connectivity index (χ1n) is 9.64. The van der Waals surface area contributed by atoms with Gasteiger partial charge in [-0.15, -0.1) is 0 Å². The molecule has 0 radical (unpaired) electrons. The number of fused-ring (bicyclic) bond motifs is 1. The molecule has 4 heterocycles. The number of piperazine rings is 1. The minimum Gasteiger partial charge on any atom is -0.385 e. The number of anilines is 1. The molecule has 10 heteroatoms. The molecule has 0 aromatic carbocycles. The molecule has 0 saturated carbocycles. The van der Waals surface area contributed by atoms with E-state index >= 15 is 0 Å². The molecule has 1 fully saturated rings. The Hall–Kier alpha value is -2.72. The molecule has 2 atom stereocenters. The van der Waals surface area contributed by atoms with Crippen molar-refractivity contribution >= 4 is 16.9 Å². The van der Waals surface area contributed by atoms with Gasteiger partial charge in [-0.3, -0.25) is 5.10 Å². The third-order valence-electron chi connectivity index (χ3n) is 5.83. The molecular weight excluding hydrogens is 397 g/mol. The number of aromatic amines is 1. The summed E-state index contributed by atoms with van der Waals surface area (Å²) in [5.41, 5.74) is -3.04. The summed E-state index contributed by atoms with van der Waals surface area (Å²) in [6.45, 7) is 4.81. The molecule has 1 aliphatic rings. The highest BCUT2D eigenvalue weighted by atomic mass is 19.1. The Morgan fingerprint density at radius 1 is 1.20 bits per heavy atom. The van der Waals surface area contributed by atoms with E-state index in [4.69, 9.17) is 0 Å². The lowest BCUT2D eigenvalue weighted by atomic mass is 9.81. The van der Waals surface area contributed by atoms with Crippen LogP contribution in [0.3, 0.4) is 0 Å². The average Bonchev–Trinajstić information content (AvgIpc) is 3.11. The summed E-state index contributed by atoms with van der Waals surface area (Å²) in [6, 6.07) is 3.48. The van der Waals surface area contributed by atoms with Crippen LogP contribution in [0.25, 0.3) is 22.4 Å². The topological polar surface area (TPSA) is 90.0 Å². The standard InChI is InChI=1S/C20H23F3N6O/c1-19(2,23)20(3,30)14-10-29(8-7-24-14)18-13(22)9-12(21)16(26-18)15-11-5-4-6-25-17(11)28-27-15/h4-6,9,14,24,30H,7-8,10H2,1-3H3,(H,25,27,28). The number of aliphatic hydroxyl groups is 1. The Kier molecular flexibility index (Phi) is 4.94. The lowest BCUT2D eigenvalue weighted by Gasteiger charge is -2.45. The number of nitrogens with one attached hydrogen (secondary N) is 2. The van der Waals surface area contributed by atoms with E-state index in [-0.39, 0.29) is 23.8 Å². The van der Waals surface area contributed by atoms with Crippen molar-refractivity contribution in [2.75, 3.05) is 24.5 Å². The summed E-state index contributed by atoms with van der Waals surface area (Å²) in [6.07, 6.45) is 1.57. The van der Waals surface area contributed by atoms with Crippen LogP contribution < -0.4 is 10.2 Å². The minimum atomic E-state index is -1.89. The van der Waals surface area contributed by atoms with Crippen molar-refractivity contribution in [2.45, 2.75) is 38.1 Å². The maximum Gasteiger partial charge on any atom is 0.168 e. The molecule has 3 aromatic rings. The molecule has 1 aliphatic heterocycles. The molecular formula is C20H23F3N6O. The summed E-state index contributed by atoms with van der Waals surface area (Å²) in [5.74, 6) is -1.77. The van der Waals surface area contributed by atoms with Crippen molar-refractivity contribution in [1.29, 1.82) is 0 Å². The SMILES string of the molecule is CC(C)(F)C(C)(O)C1CN(c2nc(-c3n[nH]c4ncccc34)c(F)cc2F)CCN1. The Bertz CT molecular complexity index is 1080. The number of halogens is 3. The van der Waals surface area contributed by atoms with Gasteiger partial charge in [-0.1, -0.05) is 0 Å². The smallest absolute Gasteiger partial charge is 0.168 e. The molecule has 30 heavy (non-hydrogen) atoms. The lowest BCUT2D eigenvalue weighted by molar-refractivity contribution is -0.0955. The van der Waals surface area contributed by atoms with Crippen LogP contribution in [0.4, 0.5) is 19.0 Å². The Labute approximate surface area is 171 Å². The summed E-state index contributed by atoms with van der Waals surface area (Å²) in [5, 5.41) is 21.2. The fraction of sp³-hybridized carbons (Fsp3) is 0.450. The predicted octanol–water partition coefficient (Wildman–Crippen LogP) is 2.58. The fourth-order valence-electron chi connectivity index (χ4n) is 3.61. The van der Waals surface area contributed by atoms with Gasteiger partial charge in [0, 0.05) is 37.3 Å². The molecule has 7 nitrogen and oxygen atoms in total. The van der Waals surface area contributed by atoms with Crippen LogP contribution in [-0.2, 0) is 0 Å². The summed E-state index contributed by atoms with van der Waals surface area (Å²) >= 11 is 0. The molecule has 0 aliphatic carbocycles. The highest BCUT2D eigenvalue weighted by molar-refractivity contribution is 5.89. The fourth-order valence-corrected chi connectivity index (χ4v) is 3.61. The molecule has 2 unspecified atom stereocenters. The second-order valence-electron chi connectivity index (χ2n) is 8.17. The molecule has 1 saturated heterocycles. The van der Waals surface area contributed by atoms with Crippen molar-refractivity contribution in [2.24, 2.45) is 0 Å². The van der Waals surface area contributed by atoms with Crippen LogP contribution in [-0.4, -0.2) is 62.2 Å². The summed E-state index contributed by atoms with van der Waals surface area (Å²) in [4.78, 5) is 9.93. The minimum absolute atomic E-state index is 0.0783. The van der Waals surface area contributed by atoms with Crippen LogP contribution in [0.1, 0.15) is 20.8 Å². The number of aromatic nitrogens is 4. The van der Waals surface area contributed by atoms with E-state index in [0.717, 1.165) is 6.07 Å². The Morgan fingerprint density at radius 2 is 1.97 bits per heavy atom. The van der Waals surface area contributed by atoms with Gasteiger partial charge in [0.25, 0.3) is 0 Å². The quantitative estimate of drug-likeness (QED) is 0.601. The van der Waals surface area contributed by atoms with Gasteiger partial charge >= 0.3 is 0 Å². The van der Waals surface area contributed by atoms with Gasteiger partial charge in [0.15, 0.2) is 23.1 Å². The maximum atomic E-state index is 14.7. The Balaban J connectivity index is 1.72. The molecule has 3 aromatic heterocycles. The van der Waals surface area contributed by atoms with Crippen LogP contribution in [0.2, 0.25) is 0 Å². The van der Waals surface area contributed by atoms with Crippen molar-refractivity contribution < 1.29 is 18.3 Å². The van der Waals surface area contributed by atoms with Crippen LogP contribution in [0.15, 0.2) is 24.4 Å². The molecule has 160 valence electrons. The number of nitrogens with zero attached hydrogens (tertiary/aromatic N) is 4. The van der Waals surface area contributed by atoms with Crippen molar-refractivity contribution in [1.82, 2.24) is 25.5 Å². The lowest BCUT2D eigenvalue weighted by Crippen LogP contribution is -2.66. The molecule has 0 amide bonds. The van der Waals surface area contributed by atoms with E-state index in [2.05, 4.69) is 25.5 Å². The zero-order valence-corrected chi connectivity index (χ0v) is 16.9. The third-order valence-corrected chi connectivity index (χ3v) is 5.83. The van der Waals surface area contributed by atoms with Gasteiger partial charge in [0.1, 0.15) is 22.7 Å². The highest BCUT2D eigenvalue weighted by Crippen LogP contribution is 2.33. The van der Waals surface area contributed by atoms with Crippen LogP contribution in [0.5, 0.6) is 0 Å². The van der Waals surface area contributed by atoms with Crippen molar-refractivity contribution in [3.8, 4) is 11.4 Å². The van der Waals surface area contributed by atoms with Gasteiger partial charge in [-0.05, 0) is 32.9 Å². The number of hydrogen-bond acceptors (Lipinski definition) is 6. The van der Waals surface area contributed by atoms with E-state index in [1.165, 1.54) is 20.8 Å². The first-order valence-corrected chi connectivity index (χ1v) is 9.64. The summed E-state index contributed by atoms with van der Waals surface area (Å²) in [7, 11) is 0. The average molecular weight is 420 g/mol.